The van der Waals surface area contributed by atoms with Crippen LogP contribution in [0, 0.1) is 25.2 Å². The predicted molar refractivity (Wildman–Crippen MR) is 122 cm³/mol. The Balaban J connectivity index is 1.53. The number of ether oxygens (including phenoxy) is 1. The van der Waals surface area contributed by atoms with Gasteiger partial charge in [0.15, 0.2) is 0 Å². The Hall–Kier alpha value is -3.79. The van der Waals surface area contributed by atoms with E-state index in [0.29, 0.717) is 19.1 Å². The molecule has 1 aromatic carbocycles. The molecule has 0 unspecified atom stereocenters. The van der Waals surface area contributed by atoms with E-state index >= 15 is 0 Å². The third-order valence-electron chi connectivity index (χ3n) is 6.15. The number of likely N-dealkylation sites (tertiary alicyclic amines) is 1. The van der Waals surface area contributed by atoms with E-state index in [2.05, 4.69) is 20.2 Å². The standard InChI is InChI=1S/C25H27N5O2/c1-18-14-20(19(2)30(18)23-4-6-24(32-3)7-5-23)15-21(16-26)25(31)28-11-8-22(9-12-28)29-13-10-27-17-29/h4-7,10,13-15,17,22H,8-9,11-12H2,1-3H3/b21-15+. The van der Waals surface area contributed by atoms with Crippen LogP contribution in [0.15, 0.2) is 54.6 Å². The molecular formula is C25H27N5O2. The molecular weight excluding hydrogens is 402 g/mol. The first-order chi connectivity index (χ1) is 15.5. The lowest BCUT2D eigenvalue weighted by Crippen LogP contribution is -2.39. The van der Waals surface area contributed by atoms with Crippen molar-refractivity contribution in [2.45, 2.75) is 32.7 Å². The second-order valence-electron chi connectivity index (χ2n) is 8.06. The highest BCUT2D eigenvalue weighted by atomic mass is 16.5. The summed E-state index contributed by atoms with van der Waals surface area (Å²) in [5.41, 5.74) is 4.06. The van der Waals surface area contributed by atoms with Crippen LogP contribution in [-0.4, -0.2) is 45.1 Å². The van der Waals surface area contributed by atoms with Crippen LogP contribution in [-0.2, 0) is 4.79 Å². The number of nitrogens with zero attached hydrogens (tertiary/aromatic N) is 5. The van der Waals surface area contributed by atoms with Gasteiger partial charge >= 0.3 is 0 Å². The number of carbonyl (C=O) groups excluding carboxylic acids is 1. The van der Waals surface area contributed by atoms with Crippen molar-refractivity contribution in [3.8, 4) is 17.5 Å². The Kier molecular flexibility index (Phi) is 6.13. The highest BCUT2D eigenvalue weighted by Gasteiger charge is 2.26. The summed E-state index contributed by atoms with van der Waals surface area (Å²) >= 11 is 0. The van der Waals surface area contributed by atoms with Crippen molar-refractivity contribution in [2.75, 3.05) is 20.2 Å². The number of benzene rings is 1. The van der Waals surface area contributed by atoms with Crippen molar-refractivity contribution in [1.29, 1.82) is 5.26 Å². The Morgan fingerprint density at radius 3 is 2.53 bits per heavy atom. The fourth-order valence-corrected chi connectivity index (χ4v) is 4.38. The molecule has 7 heteroatoms. The summed E-state index contributed by atoms with van der Waals surface area (Å²) < 4.78 is 9.45. The Labute approximate surface area is 188 Å². The quantitative estimate of drug-likeness (QED) is 0.453. The van der Waals surface area contributed by atoms with E-state index in [-0.39, 0.29) is 11.5 Å². The van der Waals surface area contributed by atoms with Gasteiger partial charge in [-0.3, -0.25) is 4.79 Å². The summed E-state index contributed by atoms with van der Waals surface area (Å²) in [6.07, 6.45) is 8.98. The monoisotopic (exact) mass is 429 g/mol. The molecule has 32 heavy (non-hydrogen) atoms. The first-order valence-corrected chi connectivity index (χ1v) is 10.7. The first-order valence-electron chi connectivity index (χ1n) is 10.7. The number of piperidine rings is 1. The van der Waals surface area contributed by atoms with Crippen LogP contribution in [0.2, 0.25) is 0 Å². The average molecular weight is 430 g/mol. The lowest BCUT2D eigenvalue weighted by atomic mass is 10.0. The lowest BCUT2D eigenvalue weighted by Gasteiger charge is -2.32. The molecule has 4 rings (SSSR count). The SMILES string of the molecule is COc1ccc(-n2c(C)cc(/C=C(\C#N)C(=O)N3CCC(n4ccnc4)CC3)c2C)cc1. The number of hydrogen-bond donors (Lipinski definition) is 0. The van der Waals surface area contributed by atoms with Gasteiger partial charge in [-0.25, -0.2) is 4.98 Å². The lowest BCUT2D eigenvalue weighted by molar-refractivity contribution is -0.127. The highest BCUT2D eigenvalue weighted by molar-refractivity contribution is 6.01. The molecule has 3 aromatic rings. The molecule has 0 saturated carbocycles. The van der Waals surface area contributed by atoms with Crippen molar-refractivity contribution in [3.05, 3.63) is 71.6 Å². The number of imidazole rings is 1. The number of methoxy groups -OCH3 is 1. The molecule has 0 bridgehead atoms. The number of nitriles is 1. The molecule has 0 spiro atoms. The molecule has 2 aromatic heterocycles. The molecule has 1 fully saturated rings. The zero-order valence-corrected chi connectivity index (χ0v) is 18.7. The molecule has 1 aliphatic heterocycles. The summed E-state index contributed by atoms with van der Waals surface area (Å²) in [5, 5.41) is 9.73. The number of rotatable bonds is 5. The smallest absolute Gasteiger partial charge is 0.264 e. The van der Waals surface area contributed by atoms with Crippen LogP contribution in [0.5, 0.6) is 5.75 Å². The molecule has 0 atom stereocenters. The summed E-state index contributed by atoms with van der Waals surface area (Å²) in [4.78, 5) is 19.0. The zero-order chi connectivity index (χ0) is 22.7. The first kappa shape index (κ1) is 21.4. The van der Waals surface area contributed by atoms with Gasteiger partial charge in [-0.1, -0.05) is 0 Å². The van der Waals surface area contributed by atoms with Crippen molar-refractivity contribution >= 4 is 12.0 Å². The Bertz CT molecular complexity index is 1160. The molecule has 0 aliphatic carbocycles. The molecule has 0 radical (unpaired) electrons. The van der Waals surface area contributed by atoms with E-state index in [1.165, 1.54) is 0 Å². The van der Waals surface area contributed by atoms with Crippen molar-refractivity contribution < 1.29 is 9.53 Å². The van der Waals surface area contributed by atoms with E-state index in [1.807, 2.05) is 56.7 Å². The van der Waals surface area contributed by atoms with Gasteiger partial charge in [-0.2, -0.15) is 5.26 Å². The molecule has 1 amide bonds. The van der Waals surface area contributed by atoms with E-state index in [4.69, 9.17) is 4.74 Å². The van der Waals surface area contributed by atoms with Gasteiger partial charge in [0, 0.05) is 48.6 Å². The third-order valence-corrected chi connectivity index (χ3v) is 6.15. The Morgan fingerprint density at radius 2 is 1.94 bits per heavy atom. The van der Waals surface area contributed by atoms with Crippen LogP contribution in [0.3, 0.4) is 0 Å². The Morgan fingerprint density at radius 1 is 1.22 bits per heavy atom. The average Bonchev–Trinajstić information content (AvgIpc) is 3.45. The van der Waals surface area contributed by atoms with Gasteiger partial charge < -0.3 is 18.8 Å². The molecule has 1 saturated heterocycles. The molecule has 3 heterocycles. The fourth-order valence-electron chi connectivity index (χ4n) is 4.38. The molecule has 1 aliphatic rings. The number of aryl methyl sites for hydroxylation is 1. The van der Waals surface area contributed by atoms with E-state index in [0.717, 1.165) is 41.2 Å². The zero-order valence-electron chi connectivity index (χ0n) is 18.7. The molecule has 0 N–H and O–H groups in total. The van der Waals surface area contributed by atoms with Crippen LogP contribution < -0.4 is 4.74 Å². The maximum Gasteiger partial charge on any atom is 0.264 e. The largest absolute Gasteiger partial charge is 0.497 e. The molecule has 7 nitrogen and oxygen atoms in total. The number of amides is 1. The minimum Gasteiger partial charge on any atom is -0.497 e. The summed E-state index contributed by atoms with van der Waals surface area (Å²) in [7, 11) is 1.64. The topological polar surface area (TPSA) is 76.1 Å². The van der Waals surface area contributed by atoms with Gasteiger partial charge in [0.2, 0.25) is 0 Å². The van der Waals surface area contributed by atoms with Crippen LogP contribution in [0.4, 0.5) is 0 Å². The van der Waals surface area contributed by atoms with Crippen molar-refractivity contribution in [2.24, 2.45) is 0 Å². The normalized spacial score (nSPS) is 14.9. The van der Waals surface area contributed by atoms with Crippen LogP contribution >= 0.6 is 0 Å². The number of carbonyl (C=O) groups is 1. The predicted octanol–water partition coefficient (Wildman–Crippen LogP) is 4.07. The number of aromatic nitrogens is 3. The molecule has 164 valence electrons. The van der Waals surface area contributed by atoms with Gasteiger partial charge in [-0.15, -0.1) is 0 Å². The van der Waals surface area contributed by atoms with Gasteiger partial charge in [0.25, 0.3) is 5.91 Å². The third kappa shape index (κ3) is 4.17. The summed E-state index contributed by atoms with van der Waals surface area (Å²) in [5.74, 6) is 0.594. The van der Waals surface area contributed by atoms with Crippen molar-refractivity contribution in [3.63, 3.8) is 0 Å². The van der Waals surface area contributed by atoms with E-state index < -0.39 is 0 Å². The second kappa shape index (κ2) is 9.15. The van der Waals surface area contributed by atoms with Gasteiger partial charge in [0.05, 0.1) is 13.4 Å². The summed E-state index contributed by atoms with van der Waals surface area (Å²) in [6.45, 7) is 5.28. The van der Waals surface area contributed by atoms with Crippen LogP contribution in [0.25, 0.3) is 11.8 Å². The van der Waals surface area contributed by atoms with Gasteiger partial charge in [0.1, 0.15) is 17.4 Å². The second-order valence-corrected chi connectivity index (χ2v) is 8.06. The summed E-state index contributed by atoms with van der Waals surface area (Å²) in [6, 6.07) is 12.3. The minimum absolute atomic E-state index is 0.168. The fraction of sp³-hybridized carbons (Fsp3) is 0.320. The van der Waals surface area contributed by atoms with Gasteiger partial charge in [-0.05, 0) is 68.7 Å². The number of hydrogen-bond acceptors (Lipinski definition) is 4. The minimum atomic E-state index is -0.203. The van der Waals surface area contributed by atoms with Crippen LogP contribution in [0.1, 0.15) is 35.8 Å². The van der Waals surface area contributed by atoms with E-state index in [9.17, 15) is 10.1 Å². The maximum absolute atomic E-state index is 13.1. The highest BCUT2D eigenvalue weighted by Crippen LogP contribution is 2.26. The van der Waals surface area contributed by atoms with Crippen molar-refractivity contribution in [1.82, 2.24) is 19.0 Å². The maximum atomic E-state index is 13.1. The van der Waals surface area contributed by atoms with E-state index in [1.54, 1.807) is 24.3 Å².